The number of hydrogen-bond donors (Lipinski definition) is 1. The monoisotopic (exact) mass is 260 g/mol. The molecule has 4 heteroatoms. The van der Waals surface area contributed by atoms with Gasteiger partial charge in [0.25, 0.3) is 0 Å². The number of fused-ring (bicyclic) bond motifs is 1. The number of rotatable bonds is 4. The molecule has 0 spiro atoms. The van der Waals surface area contributed by atoms with Gasteiger partial charge in [-0.05, 0) is 53.1 Å². The molecule has 0 saturated heterocycles. The Hall–Kier alpha value is -1.55. The Labute approximate surface area is 115 Å². The highest BCUT2D eigenvalue weighted by molar-refractivity contribution is 5.79. The minimum Gasteiger partial charge on any atom is -0.380 e. The quantitative estimate of drug-likeness (QED) is 0.917. The standard InChI is InChI=1S/C15H24N4/c1-15(2,3)17-12-6-7-13-14(10-12)19(11-16-13)9-8-18(4)5/h6-7,10-11,17H,8-9H2,1-5H3. The number of nitrogens with one attached hydrogen (secondary N) is 1. The number of benzene rings is 1. The van der Waals surface area contributed by atoms with Crippen molar-refractivity contribution >= 4 is 16.7 Å². The van der Waals surface area contributed by atoms with Crippen LogP contribution < -0.4 is 5.32 Å². The summed E-state index contributed by atoms with van der Waals surface area (Å²) < 4.78 is 2.21. The van der Waals surface area contributed by atoms with Crippen LogP contribution in [0.5, 0.6) is 0 Å². The van der Waals surface area contributed by atoms with Crippen LogP contribution in [0.1, 0.15) is 20.8 Å². The molecule has 2 rings (SSSR count). The van der Waals surface area contributed by atoms with Crippen LogP contribution in [0.3, 0.4) is 0 Å². The van der Waals surface area contributed by atoms with E-state index in [1.165, 1.54) is 5.52 Å². The van der Waals surface area contributed by atoms with E-state index < -0.39 is 0 Å². The zero-order valence-corrected chi connectivity index (χ0v) is 12.6. The average Bonchev–Trinajstić information content (AvgIpc) is 2.66. The zero-order valence-electron chi connectivity index (χ0n) is 12.6. The highest BCUT2D eigenvalue weighted by Crippen LogP contribution is 2.21. The Morgan fingerprint density at radius 1 is 1.26 bits per heavy atom. The Morgan fingerprint density at radius 2 is 2.00 bits per heavy atom. The smallest absolute Gasteiger partial charge is 0.0958 e. The molecule has 2 aromatic rings. The van der Waals surface area contributed by atoms with Gasteiger partial charge >= 0.3 is 0 Å². The van der Waals surface area contributed by atoms with Crippen molar-refractivity contribution in [1.29, 1.82) is 0 Å². The predicted octanol–water partition coefficient (Wildman–Crippen LogP) is 2.81. The molecule has 1 N–H and O–H groups in total. The van der Waals surface area contributed by atoms with E-state index in [0.717, 1.165) is 24.3 Å². The van der Waals surface area contributed by atoms with Gasteiger partial charge in [-0.1, -0.05) is 0 Å². The Kier molecular flexibility index (Phi) is 3.80. The third-order valence-corrected chi connectivity index (χ3v) is 2.93. The molecular formula is C15H24N4. The largest absolute Gasteiger partial charge is 0.380 e. The molecule has 0 aliphatic carbocycles. The van der Waals surface area contributed by atoms with Crippen LogP contribution >= 0.6 is 0 Å². The van der Waals surface area contributed by atoms with Crippen LogP contribution in [0, 0.1) is 0 Å². The normalized spacial score (nSPS) is 12.3. The molecule has 0 radical (unpaired) electrons. The second-order valence-corrected chi connectivity index (χ2v) is 6.32. The topological polar surface area (TPSA) is 33.1 Å². The fraction of sp³-hybridized carbons (Fsp3) is 0.533. The Balaban J connectivity index is 2.26. The van der Waals surface area contributed by atoms with E-state index >= 15 is 0 Å². The van der Waals surface area contributed by atoms with Crippen molar-refractivity contribution in [3.05, 3.63) is 24.5 Å². The van der Waals surface area contributed by atoms with Crippen LogP contribution in [0.25, 0.3) is 11.0 Å². The summed E-state index contributed by atoms with van der Waals surface area (Å²) in [5.41, 5.74) is 3.46. The lowest BCUT2D eigenvalue weighted by atomic mass is 10.1. The van der Waals surface area contributed by atoms with Gasteiger partial charge < -0.3 is 14.8 Å². The highest BCUT2D eigenvalue weighted by atomic mass is 15.1. The first kappa shape index (κ1) is 13.9. The second kappa shape index (κ2) is 5.21. The second-order valence-electron chi connectivity index (χ2n) is 6.32. The van der Waals surface area contributed by atoms with E-state index in [9.17, 15) is 0 Å². The lowest BCUT2D eigenvalue weighted by molar-refractivity contribution is 0.386. The third-order valence-electron chi connectivity index (χ3n) is 2.93. The number of hydrogen-bond acceptors (Lipinski definition) is 3. The number of aromatic nitrogens is 2. The maximum absolute atomic E-state index is 4.45. The lowest BCUT2D eigenvalue weighted by Gasteiger charge is -2.22. The molecule has 0 saturated carbocycles. The minimum absolute atomic E-state index is 0.0716. The summed E-state index contributed by atoms with van der Waals surface area (Å²) >= 11 is 0. The van der Waals surface area contributed by atoms with Crippen molar-refractivity contribution in [3.8, 4) is 0 Å². The van der Waals surface area contributed by atoms with E-state index in [0.29, 0.717) is 0 Å². The summed E-state index contributed by atoms with van der Waals surface area (Å²) in [5, 5.41) is 3.50. The number of nitrogens with zero attached hydrogens (tertiary/aromatic N) is 3. The first-order valence-electron chi connectivity index (χ1n) is 6.73. The average molecular weight is 260 g/mol. The van der Waals surface area contributed by atoms with Crippen LogP contribution in [-0.2, 0) is 6.54 Å². The SMILES string of the molecule is CN(C)CCn1cnc2ccc(NC(C)(C)C)cc21. The molecule has 0 aliphatic heterocycles. The van der Waals surface area contributed by atoms with Crippen LogP contribution in [0.2, 0.25) is 0 Å². The maximum Gasteiger partial charge on any atom is 0.0958 e. The number of imidazole rings is 1. The molecule has 0 atom stereocenters. The number of likely N-dealkylation sites (N-methyl/N-ethyl adjacent to an activating group) is 1. The molecule has 1 aromatic heterocycles. The Bertz CT molecular complexity index is 549. The van der Waals surface area contributed by atoms with Crippen LogP contribution in [0.4, 0.5) is 5.69 Å². The summed E-state index contributed by atoms with van der Waals surface area (Å²) in [5.74, 6) is 0. The minimum atomic E-state index is 0.0716. The fourth-order valence-electron chi connectivity index (χ4n) is 2.05. The van der Waals surface area contributed by atoms with E-state index in [1.807, 2.05) is 6.33 Å². The first-order chi connectivity index (χ1) is 8.85. The van der Waals surface area contributed by atoms with Gasteiger partial charge in [-0.3, -0.25) is 0 Å². The molecule has 104 valence electrons. The predicted molar refractivity (Wildman–Crippen MR) is 81.7 cm³/mol. The molecule has 1 heterocycles. The maximum atomic E-state index is 4.45. The van der Waals surface area contributed by atoms with Gasteiger partial charge in [0.05, 0.1) is 17.4 Å². The number of anilines is 1. The van der Waals surface area contributed by atoms with Crippen LogP contribution in [-0.4, -0.2) is 40.6 Å². The summed E-state index contributed by atoms with van der Waals surface area (Å²) in [6.45, 7) is 8.48. The van der Waals surface area contributed by atoms with E-state index in [-0.39, 0.29) is 5.54 Å². The van der Waals surface area contributed by atoms with Crippen molar-refractivity contribution in [2.75, 3.05) is 26.0 Å². The van der Waals surface area contributed by atoms with Gasteiger partial charge in [-0.2, -0.15) is 0 Å². The summed E-state index contributed by atoms with van der Waals surface area (Å²) in [7, 11) is 4.18. The Morgan fingerprint density at radius 3 is 2.63 bits per heavy atom. The van der Waals surface area contributed by atoms with Crippen molar-refractivity contribution < 1.29 is 0 Å². The van der Waals surface area contributed by atoms with E-state index in [1.54, 1.807) is 0 Å². The molecule has 0 amide bonds. The summed E-state index contributed by atoms with van der Waals surface area (Å²) in [4.78, 5) is 6.63. The van der Waals surface area contributed by atoms with E-state index in [4.69, 9.17) is 0 Å². The third kappa shape index (κ3) is 3.70. The lowest BCUT2D eigenvalue weighted by Crippen LogP contribution is -2.25. The van der Waals surface area contributed by atoms with Gasteiger partial charge in [0.15, 0.2) is 0 Å². The molecule has 0 fully saturated rings. The van der Waals surface area contributed by atoms with Gasteiger partial charge in [-0.15, -0.1) is 0 Å². The summed E-state index contributed by atoms with van der Waals surface area (Å²) in [6.07, 6.45) is 1.93. The molecule has 4 nitrogen and oxygen atoms in total. The highest BCUT2D eigenvalue weighted by Gasteiger charge is 2.10. The van der Waals surface area contributed by atoms with Gasteiger partial charge in [-0.25, -0.2) is 4.98 Å². The fourth-order valence-corrected chi connectivity index (χ4v) is 2.05. The molecule has 0 bridgehead atoms. The van der Waals surface area contributed by atoms with Gasteiger partial charge in [0.2, 0.25) is 0 Å². The van der Waals surface area contributed by atoms with Crippen molar-refractivity contribution in [2.24, 2.45) is 0 Å². The van der Waals surface area contributed by atoms with Crippen molar-refractivity contribution in [2.45, 2.75) is 32.9 Å². The molecule has 0 unspecified atom stereocenters. The van der Waals surface area contributed by atoms with Gasteiger partial charge in [0, 0.05) is 24.3 Å². The van der Waals surface area contributed by atoms with Gasteiger partial charge in [0.1, 0.15) is 0 Å². The van der Waals surface area contributed by atoms with Crippen molar-refractivity contribution in [1.82, 2.24) is 14.5 Å². The first-order valence-corrected chi connectivity index (χ1v) is 6.73. The molecule has 19 heavy (non-hydrogen) atoms. The molecular weight excluding hydrogens is 236 g/mol. The molecule has 1 aromatic carbocycles. The zero-order chi connectivity index (χ0) is 14.0. The van der Waals surface area contributed by atoms with E-state index in [2.05, 4.69) is 72.8 Å². The van der Waals surface area contributed by atoms with Crippen molar-refractivity contribution in [3.63, 3.8) is 0 Å². The van der Waals surface area contributed by atoms with Crippen LogP contribution in [0.15, 0.2) is 24.5 Å². The molecule has 0 aliphatic rings. The summed E-state index contributed by atoms with van der Waals surface area (Å²) in [6, 6.07) is 6.36.